The predicted molar refractivity (Wildman–Crippen MR) is 100.0 cm³/mol. The number of aliphatic imine (C=N–C) groups is 1. The van der Waals surface area contributed by atoms with Gasteiger partial charge in [0.25, 0.3) is 0 Å². The highest BCUT2D eigenvalue weighted by molar-refractivity contribution is 5.80. The molecule has 1 aliphatic carbocycles. The van der Waals surface area contributed by atoms with E-state index in [9.17, 15) is 4.79 Å². The van der Waals surface area contributed by atoms with Crippen LogP contribution in [0.5, 0.6) is 0 Å². The molecule has 1 amide bonds. The molecule has 1 unspecified atom stereocenters. The lowest BCUT2D eigenvalue weighted by Crippen LogP contribution is -2.40. The zero-order valence-electron chi connectivity index (χ0n) is 15.0. The monoisotopic (exact) mass is 343 g/mol. The highest BCUT2D eigenvalue weighted by Gasteiger charge is 2.24. The molecule has 2 aliphatic rings. The molecule has 1 heterocycles. The minimum absolute atomic E-state index is 0.00424. The number of nitrogens with zero attached hydrogens (tertiary/aromatic N) is 2. The van der Waals surface area contributed by atoms with Crippen LogP contribution < -0.4 is 16.4 Å². The third-order valence-corrected chi connectivity index (χ3v) is 4.91. The third kappa shape index (κ3) is 5.46. The van der Waals surface area contributed by atoms with Gasteiger partial charge in [0.15, 0.2) is 5.96 Å². The average molecular weight is 343 g/mol. The van der Waals surface area contributed by atoms with Gasteiger partial charge in [-0.15, -0.1) is 0 Å². The lowest BCUT2D eigenvalue weighted by Gasteiger charge is -2.31. The average Bonchev–Trinajstić information content (AvgIpc) is 3.43. The number of hydrogen-bond donors (Lipinski definition) is 3. The van der Waals surface area contributed by atoms with Crippen molar-refractivity contribution in [2.75, 3.05) is 20.1 Å². The molecular weight excluding hydrogens is 314 g/mol. The maximum absolute atomic E-state index is 11.4. The molecule has 6 nitrogen and oxygen atoms in total. The van der Waals surface area contributed by atoms with E-state index in [2.05, 4.69) is 44.8 Å². The van der Waals surface area contributed by atoms with E-state index in [0.717, 1.165) is 45.0 Å². The largest absolute Gasteiger partial charge is 0.369 e. The molecule has 4 N–H and O–H groups in total. The lowest BCUT2D eigenvalue weighted by molar-refractivity contribution is -0.123. The van der Waals surface area contributed by atoms with Crippen LogP contribution >= 0.6 is 0 Å². The molecule has 0 bridgehead atoms. The van der Waals surface area contributed by atoms with E-state index in [-0.39, 0.29) is 11.8 Å². The van der Waals surface area contributed by atoms with Crippen molar-refractivity contribution in [3.05, 3.63) is 35.4 Å². The van der Waals surface area contributed by atoms with Crippen molar-refractivity contribution >= 4 is 11.9 Å². The highest BCUT2D eigenvalue weighted by atomic mass is 16.1. The Hall–Kier alpha value is -2.08. The van der Waals surface area contributed by atoms with Crippen LogP contribution in [0, 0.1) is 5.92 Å². The number of guanidine groups is 1. The van der Waals surface area contributed by atoms with E-state index < -0.39 is 0 Å². The molecule has 0 radical (unpaired) electrons. The van der Waals surface area contributed by atoms with Crippen LogP contribution in [0.15, 0.2) is 29.3 Å². The SMILES string of the molecule is CN=C(NCc1cccc(CN2CCCC(C(N)=O)C2)c1)NC1CC1. The van der Waals surface area contributed by atoms with Gasteiger partial charge in [-0.1, -0.05) is 24.3 Å². The normalized spacial score (nSPS) is 21.8. The molecule has 1 saturated carbocycles. The Morgan fingerprint density at radius 3 is 2.84 bits per heavy atom. The number of carbonyl (C=O) groups is 1. The molecule has 1 aromatic carbocycles. The fourth-order valence-electron chi connectivity index (χ4n) is 3.33. The Labute approximate surface area is 149 Å². The second kappa shape index (κ2) is 8.34. The second-order valence-electron chi connectivity index (χ2n) is 7.14. The summed E-state index contributed by atoms with van der Waals surface area (Å²) < 4.78 is 0. The zero-order chi connectivity index (χ0) is 17.6. The van der Waals surface area contributed by atoms with Gasteiger partial charge in [0.05, 0.1) is 5.92 Å². The molecule has 0 aromatic heterocycles. The summed E-state index contributed by atoms with van der Waals surface area (Å²) in [6, 6.07) is 9.19. The minimum Gasteiger partial charge on any atom is -0.369 e. The number of hydrogen-bond acceptors (Lipinski definition) is 3. The van der Waals surface area contributed by atoms with E-state index in [1.165, 1.54) is 24.0 Å². The first-order valence-electron chi connectivity index (χ1n) is 9.20. The van der Waals surface area contributed by atoms with Crippen LogP contribution in [-0.4, -0.2) is 42.9 Å². The summed E-state index contributed by atoms with van der Waals surface area (Å²) in [6.07, 6.45) is 4.43. The van der Waals surface area contributed by atoms with Crippen LogP contribution in [-0.2, 0) is 17.9 Å². The molecular formula is C19H29N5O. The topological polar surface area (TPSA) is 82.8 Å². The van der Waals surface area contributed by atoms with Crippen LogP contribution in [0.4, 0.5) is 0 Å². The fraction of sp³-hybridized carbons (Fsp3) is 0.579. The van der Waals surface area contributed by atoms with Gasteiger partial charge in [0.2, 0.25) is 5.91 Å². The highest BCUT2D eigenvalue weighted by Crippen LogP contribution is 2.19. The van der Waals surface area contributed by atoms with Crippen LogP contribution in [0.25, 0.3) is 0 Å². The molecule has 0 spiro atoms. The van der Waals surface area contributed by atoms with E-state index in [0.29, 0.717) is 6.04 Å². The molecule has 2 fully saturated rings. The Kier molecular flexibility index (Phi) is 5.91. The summed E-state index contributed by atoms with van der Waals surface area (Å²) >= 11 is 0. The van der Waals surface area contributed by atoms with Crippen molar-refractivity contribution in [2.24, 2.45) is 16.6 Å². The fourth-order valence-corrected chi connectivity index (χ4v) is 3.33. The number of likely N-dealkylation sites (tertiary alicyclic amines) is 1. The number of carbonyl (C=O) groups excluding carboxylic acids is 1. The number of amides is 1. The number of primary amides is 1. The van der Waals surface area contributed by atoms with Crippen molar-refractivity contribution in [3.8, 4) is 0 Å². The van der Waals surface area contributed by atoms with Crippen molar-refractivity contribution in [2.45, 2.75) is 44.8 Å². The minimum atomic E-state index is -0.169. The van der Waals surface area contributed by atoms with Gasteiger partial charge in [-0.25, -0.2) is 0 Å². The molecule has 25 heavy (non-hydrogen) atoms. The first-order valence-corrected chi connectivity index (χ1v) is 9.20. The molecule has 1 aromatic rings. The van der Waals surface area contributed by atoms with Gasteiger partial charge in [0.1, 0.15) is 0 Å². The van der Waals surface area contributed by atoms with E-state index in [1.54, 1.807) is 7.05 Å². The summed E-state index contributed by atoms with van der Waals surface area (Å²) in [5, 5.41) is 6.77. The first-order chi connectivity index (χ1) is 12.1. The van der Waals surface area contributed by atoms with Gasteiger partial charge < -0.3 is 16.4 Å². The van der Waals surface area contributed by atoms with Gasteiger partial charge in [-0.05, 0) is 43.4 Å². The zero-order valence-corrected chi connectivity index (χ0v) is 15.0. The van der Waals surface area contributed by atoms with Gasteiger partial charge in [-0.2, -0.15) is 0 Å². The lowest BCUT2D eigenvalue weighted by atomic mass is 9.97. The van der Waals surface area contributed by atoms with Crippen LogP contribution in [0.2, 0.25) is 0 Å². The number of rotatable bonds is 6. The smallest absolute Gasteiger partial charge is 0.221 e. The van der Waals surface area contributed by atoms with Crippen molar-refractivity contribution in [1.29, 1.82) is 0 Å². The number of nitrogens with two attached hydrogens (primary N) is 1. The molecule has 6 heteroatoms. The molecule has 1 aliphatic heterocycles. The van der Waals surface area contributed by atoms with Gasteiger partial charge in [0, 0.05) is 32.7 Å². The predicted octanol–water partition coefficient (Wildman–Crippen LogP) is 1.21. The summed E-state index contributed by atoms with van der Waals surface area (Å²) in [5.41, 5.74) is 7.98. The Morgan fingerprint density at radius 1 is 1.32 bits per heavy atom. The molecule has 3 rings (SSSR count). The maximum Gasteiger partial charge on any atom is 0.221 e. The van der Waals surface area contributed by atoms with Crippen molar-refractivity contribution in [3.63, 3.8) is 0 Å². The van der Waals surface area contributed by atoms with E-state index in [1.807, 2.05) is 0 Å². The molecule has 136 valence electrons. The van der Waals surface area contributed by atoms with Gasteiger partial charge in [-0.3, -0.25) is 14.7 Å². The Balaban J connectivity index is 1.53. The summed E-state index contributed by atoms with van der Waals surface area (Å²) in [5.74, 6) is 0.695. The van der Waals surface area contributed by atoms with Crippen LogP contribution in [0.1, 0.15) is 36.8 Å². The van der Waals surface area contributed by atoms with E-state index in [4.69, 9.17) is 5.73 Å². The summed E-state index contributed by atoms with van der Waals surface area (Å²) in [4.78, 5) is 18.0. The van der Waals surface area contributed by atoms with Crippen molar-refractivity contribution < 1.29 is 4.79 Å². The van der Waals surface area contributed by atoms with Crippen LogP contribution in [0.3, 0.4) is 0 Å². The quantitative estimate of drug-likeness (QED) is 0.536. The Bertz CT molecular complexity index is 626. The number of nitrogens with one attached hydrogen (secondary N) is 2. The summed E-state index contributed by atoms with van der Waals surface area (Å²) in [7, 11) is 1.81. The third-order valence-electron chi connectivity index (χ3n) is 4.91. The molecule has 1 atom stereocenters. The summed E-state index contributed by atoms with van der Waals surface area (Å²) in [6.45, 7) is 3.43. The first kappa shape index (κ1) is 17.7. The Morgan fingerprint density at radius 2 is 2.12 bits per heavy atom. The van der Waals surface area contributed by atoms with Crippen molar-refractivity contribution in [1.82, 2.24) is 15.5 Å². The maximum atomic E-state index is 11.4. The standard InChI is InChI=1S/C19H29N5O/c1-21-19(23-17-7-8-17)22-11-14-4-2-5-15(10-14)12-24-9-3-6-16(13-24)18(20)25/h2,4-5,10,16-17H,3,6-9,11-13H2,1H3,(H2,20,25)(H2,21,22,23). The number of benzene rings is 1. The molecule has 1 saturated heterocycles. The number of piperidine rings is 1. The van der Waals surface area contributed by atoms with E-state index >= 15 is 0 Å². The second-order valence-corrected chi connectivity index (χ2v) is 7.14. The van der Waals surface area contributed by atoms with Gasteiger partial charge >= 0.3 is 0 Å².